The largest absolute Gasteiger partial charge is 0.458 e. The first-order valence-electron chi connectivity index (χ1n) is 7.94. The molecule has 2 aromatic rings. The number of Topliss-reactive ketones (excluding diaryl/α,β-unsaturated/α-hetero) is 2. The fourth-order valence-corrected chi connectivity index (χ4v) is 2.12. The Bertz CT molecular complexity index is 747. The summed E-state index contributed by atoms with van der Waals surface area (Å²) in [7, 11) is 0. The molecule has 0 saturated carbocycles. The van der Waals surface area contributed by atoms with Gasteiger partial charge in [-0.3, -0.25) is 9.59 Å². The van der Waals surface area contributed by atoms with Gasteiger partial charge in [0.25, 0.3) is 0 Å². The monoisotopic (exact) mass is 354 g/mol. The normalized spacial score (nSPS) is 10.1. The molecule has 6 heteroatoms. The van der Waals surface area contributed by atoms with Crippen LogP contribution in [0.2, 0.25) is 0 Å². The maximum atomic E-state index is 11.9. The van der Waals surface area contributed by atoms with E-state index in [0.29, 0.717) is 22.3 Å². The van der Waals surface area contributed by atoms with Gasteiger partial charge in [-0.25, -0.2) is 9.59 Å². The lowest BCUT2D eigenvalue weighted by atomic mass is 10.1. The second-order valence-corrected chi connectivity index (χ2v) is 5.54. The van der Waals surface area contributed by atoms with Crippen molar-refractivity contribution in [3.8, 4) is 0 Å². The second-order valence-electron chi connectivity index (χ2n) is 5.54. The van der Waals surface area contributed by atoms with E-state index in [1.54, 1.807) is 24.3 Å². The number of rotatable bonds is 7. The Hall–Kier alpha value is -3.28. The van der Waals surface area contributed by atoms with Crippen molar-refractivity contribution < 1.29 is 28.7 Å². The number of hydrogen-bond donors (Lipinski definition) is 0. The van der Waals surface area contributed by atoms with Crippen LogP contribution in [0, 0.1) is 0 Å². The van der Waals surface area contributed by atoms with Gasteiger partial charge in [0.2, 0.25) is 0 Å². The molecule has 0 bridgehead atoms. The number of ketones is 2. The second kappa shape index (κ2) is 8.71. The van der Waals surface area contributed by atoms with Gasteiger partial charge in [-0.2, -0.15) is 0 Å². The van der Waals surface area contributed by atoms with Gasteiger partial charge in [-0.05, 0) is 38.1 Å². The summed E-state index contributed by atoms with van der Waals surface area (Å²) in [6.07, 6.45) is 0. The Labute approximate surface area is 150 Å². The van der Waals surface area contributed by atoms with E-state index >= 15 is 0 Å². The SMILES string of the molecule is CC(=O)c1ccc(C(=O)OCCOC(=O)c2ccc(C(C)=O)cc2)cc1. The first kappa shape index (κ1) is 19.1. The molecular formula is C20H18O6. The van der Waals surface area contributed by atoms with Crippen LogP contribution in [-0.2, 0) is 9.47 Å². The molecular weight excluding hydrogens is 336 g/mol. The minimum atomic E-state index is -0.568. The van der Waals surface area contributed by atoms with E-state index in [1.807, 2.05) is 0 Å². The summed E-state index contributed by atoms with van der Waals surface area (Å²) in [6, 6.07) is 12.2. The summed E-state index contributed by atoms with van der Waals surface area (Å²) in [6.45, 7) is 2.69. The lowest BCUT2D eigenvalue weighted by molar-refractivity contribution is 0.0265. The average molecular weight is 354 g/mol. The van der Waals surface area contributed by atoms with E-state index in [9.17, 15) is 19.2 Å². The van der Waals surface area contributed by atoms with Crippen LogP contribution < -0.4 is 0 Å². The van der Waals surface area contributed by atoms with E-state index in [4.69, 9.17) is 9.47 Å². The molecule has 134 valence electrons. The molecule has 6 nitrogen and oxygen atoms in total. The van der Waals surface area contributed by atoms with E-state index < -0.39 is 11.9 Å². The molecule has 0 aliphatic rings. The van der Waals surface area contributed by atoms with E-state index in [-0.39, 0.29) is 24.8 Å². The van der Waals surface area contributed by atoms with Gasteiger partial charge in [0.05, 0.1) is 11.1 Å². The van der Waals surface area contributed by atoms with Crippen molar-refractivity contribution in [1.29, 1.82) is 0 Å². The van der Waals surface area contributed by atoms with Crippen molar-refractivity contribution in [3.63, 3.8) is 0 Å². The van der Waals surface area contributed by atoms with Gasteiger partial charge in [0.1, 0.15) is 13.2 Å². The standard InChI is InChI=1S/C20H18O6/c1-13(21)15-3-7-17(8-4-15)19(23)25-11-12-26-20(24)18-9-5-16(6-10-18)14(2)22/h3-10H,11-12H2,1-2H3. The molecule has 0 spiro atoms. The molecule has 0 amide bonds. The zero-order chi connectivity index (χ0) is 19.1. The third kappa shape index (κ3) is 5.11. The van der Waals surface area contributed by atoms with Crippen LogP contribution in [0.15, 0.2) is 48.5 Å². The Morgan fingerprint density at radius 2 is 0.846 bits per heavy atom. The Kier molecular flexibility index (Phi) is 6.38. The quantitative estimate of drug-likeness (QED) is 0.431. The van der Waals surface area contributed by atoms with Crippen molar-refractivity contribution in [2.75, 3.05) is 13.2 Å². The Balaban J connectivity index is 1.78. The van der Waals surface area contributed by atoms with Crippen LogP contribution in [-0.4, -0.2) is 36.7 Å². The summed E-state index contributed by atoms with van der Waals surface area (Å²) in [5.41, 5.74) is 1.62. The summed E-state index contributed by atoms with van der Waals surface area (Å²) in [4.78, 5) is 46.1. The smallest absolute Gasteiger partial charge is 0.338 e. The number of benzene rings is 2. The number of carbonyl (C=O) groups is 4. The van der Waals surface area contributed by atoms with Crippen LogP contribution in [0.1, 0.15) is 55.3 Å². The van der Waals surface area contributed by atoms with E-state index in [2.05, 4.69) is 0 Å². The minimum absolute atomic E-state index is 0.0897. The van der Waals surface area contributed by atoms with Crippen molar-refractivity contribution >= 4 is 23.5 Å². The zero-order valence-electron chi connectivity index (χ0n) is 14.5. The summed E-state index contributed by atoms with van der Waals surface area (Å²) in [5.74, 6) is -1.31. The van der Waals surface area contributed by atoms with Crippen LogP contribution in [0.3, 0.4) is 0 Å². The number of ether oxygens (including phenoxy) is 2. The van der Waals surface area contributed by atoms with Gasteiger partial charge in [-0.15, -0.1) is 0 Å². The molecule has 0 aromatic heterocycles. The molecule has 0 atom stereocenters. The predicted molar refractivity (Wildman–Crippen MR) is 93.5 cm³/mol. The molecule has 0 aliphatic carbocycles. The average Bonchev–Trinajstić information content (AvgIpc) is 2.65. The van der Waals surface area contributed by atoms with E-state index in [0.717, 1.165) is 0 Å². The summed E-state index contributed by atoms with van der Waals surface area (Å²) in [5, 5.41) is 0. The van der Waals surface area contributed by atoms with Crippen LogP contribution in [0.5, 0.6) is 0 Å². The lowest BCUT2D eigenvalue weighted by Crippen LogP contribution is -2.14. The lowest BCUT2D eigenvalue weighted by Gasteiger charge is -2.07. The van der Waals surface area contributed by atoms with Crippen LogP contribution in [0.4, 0.5) is 0 Å². The molecule has 0 unspecified atom stereocenters. The summed E-state index contributed by atoms with van der Waals surface area (Å²) >= 11 is 0. The molecule has 2 aromatic carbocycles. The summed E-state index contributed by atoms with van der Waals surface area (Å²) < 4.78 is 10.0. The van der Waals surface area contributed by atoms with Gasteiger partial charge in [0.15, 0.2) is 11.6 Å². The zero-order valence-corrected chi connectivity index (χ0v) is 14.5. The topological polar surface area (TPSA) is 86.7 Å². The molecule has 2 rings (SSSR count). The first-order chi connectivity index (χ1) is 12.4. The molecule has 0 heterocycles. The fraction of sp³-hybridized carbons (Fsp3) is 0.200. The molecule has 26 heavy (non-hydrogen) atoms. The third-order valence-electron chi connectivity index (χ3n) is 3.60. The maximum Gasteiger partial charge on any atom is 0.338 e. The van der Waals surface area contributed by atoms with Gasteiger partial charge >= 0.3 is 11.9 Å². The fourth-order valence-electron chi connectivity index (χ4n) is 2.12. The number of carbonyl (C=O) groups excluding carboxylic acids is 4. The third-order valence-corrected chi connectivity index (χ3v) is 3.60. The van der Waals surface area contributed by atoms with E-state index in [1.165, 1.54) is 38.1 Å². The molecule has 0 fully saturated rings. The highest BCUT2D eigenvalue weighted by Crippen LogP contribution is 2.08. The minimum Gasteiger partial charge on any atom is -0.458 e. The molecule has 0 radical (unpaired) electrons. The first-order valence-corrected chi connectivity index (χ1v) is 7.94. The van der Waals surface area contributed by atoms with Crippen molar-refractivity contribution in [2.24, 2.45) is 0 Å². The highest BCUT2D eigenvalue weighted by molar-refractivity contribution is 5.96. The van der Waals surface area contributed by atoms with Crippen LogP contribution in [0.25, 0.3) is 0 Å². The van der Waals surface area contributed by atoms with Crippen molar-refractivity contribution in [3.05, 3.63) is 70.8 Å². The highest BCUT2D eigenvalue weighted by Gasteiger charge is 2.10. The molecule has 0 N–H and O–H groups in total. The molecule has 0 aliphatic heterocycles. The highest BCUT2D eigenvalue weighted by atomic mass is 16.6. The maximum absolute atomic E-state index is 11.9. The van der Waals surface area contributed by atoms with Crippen LogP contribution >= 0.6 is 0 Å². The Morgan fingerprint density at radius 1 is 0.577 bits per heavy atom. The predicted octanol–water partition coefficient (Wildman–Crippen LogP) is 3.11. The van der Waals surface area contributed by atoms with Crippen molar-refractivity contribution in [2.45, 2.75) is 13.8 Å². The number of esters is 2. The van der Waals surface area contributed by atoms with Gasteiger partial charge in [-0.1, -0.05) is 24.3 Å². The Morgan fingerprint density at radius 3 is 1.12 bits per heavy atom. The molecule has 0 saturated heterocycles. The number of hydrogen-bond acceptors (Lipinski definition) is 6. The van der Waals surface area contributed by atoms with Gasteiger partial charge in [0, 0.05) is 11.1 Å². The van der Waals surface area contributed by atoms with Gasteiger partial charge < -0.3 is 9.47 Å². The van der Waals surface area contributed by atoms with Crippen molar-refractivity contribution in [1.82, 2.24) is 0 Å².